The number of amides is 1. The monoisotopic (exact) mass is 354 g/mol. The molecule has 1 atom stereocenters. The van der Waals surface area contributed by atoms with E-state index >= 15 is 0 Å². The lowest BCUT2D eigenvalue weighted by molar-refractivity contribution is -0.127. The third-order valence-corrected chi connectivity index (χ3v) is 4.76. The van der Waals surface area contributed by atoms with Crippen LogP contribution in [0.15, 0.2) is 42.5 Å². The fourth-order valence-electron chi connectivity index (χ4n) is 2.84. The highest BCUT2D eigenvalue weighted by molar-refractivity contribution is 5.80. The molecule has 1 N–H and O–H groups in total. The van der Waals surface area contributed by atoms with Crippen LogP contribution in [0.2, 0.25) is 0 Å². The van der Waals surface area contributed by atoms with E-state index in [-0.39, 0.29) is 5.91 Å². The molecule has 26 heavy (non-hydrogen) atoms. The predicted octanol–water partition coefficient (Wildman–Crippen LogP) is 4.23. The minimum absolute atomic E-state index is 0.112. The van der Waals surface area contributed by atoms with E-state index < -0.39 is 6.10 Å². The van der Waals surface area contributed by atoms with Crippen molar-refractivity contribution in [2.75, 3.05) is 18.0 Å². The molecule has 0 fully saturated rings. The molecule has 0 saturated heterocycles. The van der Waals surface area contributed by atoms with Crippen LogP contribution in [-0.2, 0) is 11.3 Å². The molecule has 140 valence electrons. The van der Waals surface area contributed by atoms with E-state index in [1.54, 1.807) is 6.92 Å². The molecule has 4 heteroatoms. The van der Waals surface area contributed by atoms with Gasteiger partial charge >= 0.3 is 0 Å². The molecule has 4 nitrogen and oxygen atoms in total. The van der Waals surface area contributed by atoms with Gasteiger partial charge in [0.05, 0.1) is 0 Å². The molecular formula is C22H30N2O2. The Morgan fingerprint density at radius 2 is 1.73 bits per heavy atom. The molecule has 0 aliphatic rings. The molecule has 0 aliphatic heterocycles. The molecule has 2 aromatic rings. The van der Waals surface area contributed by atoms with Gasteiger partial charge in [-0.3, -0.25) is 4.79 Å². The molecule has 2 rings (SSSR count). The van der Waals surface area contributed by atoms with Gasteiger partial charge < -0.3 is 15.0 Å². The second kappa shape index (κ2) is 9.27. The number of carbonyl (C=O) groups excluding carboxylic acids is 1. The van der Waals surface area contributed by atoms with Crippen molar-refractivity contribution in [3.8, 4) is 5.75 Å². The Morgan fingerprint density at radius 3 is 2.35 bits per heavy atom. The summed E-state index contributed by atoms with van der Waals surface area (Å²) in [6.07, 6.45) is -0.537. The first-order valence-electron chi connectivity index (χ1n) is 9.30. The quantitative estimate of drug-likeness (QED) is 0.771. The zero-order valence-corrected chi connectivity index (χ0v) is 16.5. The number of nitrogens with one attached hydrogen (secondary N) is 1. The summed E-state index contributed by atoms with van der Waals surface area (Å²) in [6.45, 7) is 12.6. The van der Waals surface area contributed by atoms with Crippen molar-refractivity contribution in [3.05, 3.63) is 59.2 Å². The zero-order valence-electron chi connectivity index (χ0n) is 16.5. The maximum atomic E-state index is 12.3. The summed E-state index contributed by atoms with van der Waals surface area (Å²) in [4.78, 5) is 14.6. The SMILES string of the molecule is CCN(CC)c1ccc(CNC(=O)[C@@H](C)Oc2cccc(C)c2C)cc1. The number of anilines is 1. The number of hydrogen-bond donors (Lipinski definition) is 1. The lowest BCUT2D eigenvalue weighted by Gasteiger charge is -2.21. The molecule has 0 aromatic heterocycles. The van der Waals surface area contributed by atoms with Crippen molar-refractivity contribution < 1.29 is 9.53 Å². The lowest BCUT2D eigenvalue weighted by Crippen LogP contribution is -2.36. The Hall–Kier alpha value is -2.49. The van der Waals surface area contributed by atoms with E-state index in [1.165, 1.54) is 5.69 Å². The van der Waals surface area contributed by atoms with E-state index in [1.807, 2.05) is 32.0 Å². The topological polar surface area (TPSA) is 41.6 Å². The van der Waals surface area contributed by atoms with Crippen molar-refractivity contribution in [2.45, 2.75) is 47.3 Å². The normalized spacial score (nSPS) is 11.7. The van der Waals surface area contributed by atoms with Crippen LogP contribution < -0.4 is 15.0 Å². The minimum atomic E-state index is -0.537. The Balaban J connectivity index is 1.90. The van der Waals surface area contributed by atoms with Gasteiger partial charge in [0, 0.05) is 25.3 Å². The minimum Gasteiger partial charge on any atom is -0.481 e. The predicted molar refractivity (Wildman–Crippen MR) is 108 cm³/mol. The average molecular weight is 354 g/mol. The van der Waals surface area contributed by atoms with Crippen LogP contribution in [0, 0.1) is 13.8 Å². The van der Waals surface area contributed by atoms with Crippen LogP contribution in [0.1, 0.15) is 37.5 Å². The Kier molecular flexibility index (Phi) is 7.07. The molecule has 1 amide bonds. The standard InChI is InChI=1S/C22H30N2O2/c1-6-24(7-2)20-13-11-19(12-14-20)15-23-22(25)18(5)26-21-10-8-9-16(3)17(21)4/h8-14,18H,6-7,15H2,1-5H3,(H,23,25)/t18-/m1/s1. The summed E-state index contributed by atoms with van der Waals surface area (Å²) in [5, 5.41) is 2.95. The fourth-order valence-corrected chi connectivity index (χ4v) is 2.84. The first kappa shape index (κ1) is 19.8. The molecule has 0 bridgehead atoms. The van der Waals surface area contributed by atoms with Gasteiger partial charge in [-0.15, -0.1) is 0 Å². The first-order valence-corrected chi connectivity index (χ1v) is 9.30. The van der Waals surface area contributed by atoms with Gasteiger partial charge in [0.15, 0.2) is 6.10 Å². The number of nitrogens with zero attached hydrogens (tertiary/aromatic N) is 1. The van der Waals surface area contributed by atoms with E-state index in [9.17, 15) is 4.79 Å². The fraction of sp³-hybridized carbons (Fsp3) is 0.409. The van der Waals surface area contributed by atoms with E-state index in [4.69, 9.17) is 4.74 Å². The Morgan fingerprint density at radius 1 is 1.08 bits per heavy atom. The van der Waals surface area contributed by atoms with E-state index in [0.29, 0.717) is 6.54 Å². The molecule has 0 aliphatic carbocycles. The summed E-state index contributed by atoms with van der Waals surface area (Å²) >= 11 is 0. The number of ether oxygens (including phenoxy) is 1. The van der Waals surface area contributed by atoms with Crippen molar-refractivity contribution in [2.24, 2.45) is 0 Å². The van der Waals surface area contributed by atoms with Crippen LogP contribution in [0.3, 0.4) is 0 Å². The number of carbonyl (C=O) groups is 1. The summed E-state index contributed by atoms with van der Waals surface area (Å²) in [7, 11) is 0. The number of benzene rings is 2. The van der Waals surface area contributed by atoms with Gasteiger partial charge in [-0.2, -0.15) is 0 Å². The Labute approximate surface area is 157 Å². The van der Waals surface area contributed by atoms with Crippen molar-refractivity contribution >= 4 is 11.6 Å². The summed E-state index contributed by atoms with van der Waals surface area (Å²) in [5.74, 6) is 0.648. The molecule has 0 radical (unpaired) electrons. The van der Waals surface area contributed by atoms with Crippen LogP contribution in [0.5, 0.6) is 5.75 Å². The van der Waals surface area contributed by atoms with Crippen LogP contribution in [0.4, 0.5) is 5.69 Å². The maximum absolute atomic E-state index is 12.3. The molecular weight excluding hydrogens is 324 g/mol. The highest BCUT2D eigenvalue weighted by Gasteiger charge is 2.15. The molecule has 2 aromatic carbocycles. The third kappa shape index (κ3) is 5.01. The number of rotatable bonds is 8. The van der Waals surface area contributed by atoms with Gasteiger partial charge in [0.25, 0.3) is 5.91 Å². The van der Waals surface area contributed by atoms with Gasteiger partial charge in [-0.1, -0.05) is 24.3 Å². The maximum Gasteiger partial charge on any atom is 0.261 e. The summed E-state index contributed by atoms with van der Waals surface area (Å²) in [5.41, 5.74) is 4.51. The highest BCUT2D eigenvalue weighted by atomic mass is 16.5. The second-order valence-corrected chi connectivity index (χ2v) is 6.51. The Bertz CT molecular complexity index is 721. The summed E-state index contributed by atoms with van der Waals surface area (Å²) < 4.78 is 5.84. The molecule has 0 saturated carbocycles. The molecule has 0 unspecified atom stereocenters. The van der Waals surface area contributed by atoms with Crippen LogP contribution in [-0.4, -0.2) is 25.1 Å². The van der Waals surface area contributed by atoms with Gasteiger partial charge in [-0.05, 0) is 69.5 Å². The average Bonchev–Trinajstić information content (AvgIpc) is 2.65. The first-order chi connectivity index (χ1) is 12.5. The number of hydrogen-bond acceptors (Lipinski definition) is 3. The second-order valence-electron chi connectivity index (χ2n) is 6.51. The van der Waals surface area contributed by atoms with Gasteiger partial charge in [0.2, 0.25) is 0 Å². The molecule has 0 heterocycles. The van der Waals surface area contributed by atoms with Crippen molar-refractivity contribution in [3.63, 3.8) is 0 Å². The van der Waals surface area contributed by atoms with Crippen molar-refractivity contribution in [1.82, 2.24) is 5.32 Å². The molecule has 0 spiro atoms. The smallest absolute Gasteiger partial charge is 0.261 e. The highest BCUT2D eigenvalue weighted by Crippen LogP contribution is 2.21. The van der Waals surface area contributed by atoms with Gasteiger partial charge in [-0.25, -0.2) is 0 Å². The lowest BCUT2D eigenvalue weighted by atomic mass is 10.1. The van der Waals surface area contributed by atoms with Gasteiger partial charge in [0.1, 0.15) is 5.75 Å². The van der Waals surface area contributed by atoms with E-state index in [2.05, 4.69) is 48.3 Å². The number of aryl methyl sites for hydroxylation is 1. The van der Waals surface area contributed by atoms with E-state index in [0.717, 1.165) is 35.5 Å². The third-order valence-electron chi connectivity index (χ3n) is 4.76. The van der Waals surface area contributed by atoms with Crippen LogP contribution >= 0.6 is 0 Å². The van der Waals surface area contributed by atoms with Crippen LogP contribution in [0.25, 0.3) is 0 Å². The van der Waals surface area contributed by atoms with Crippen molar-refractivity contribution in [1.29, 1.82) is 0 Å². The summed E-state index contributed by atoms with van der Waals surface area (Å²) in [6, 6.07) is 14.2. The largest absolute Gasteiger partial charge is 0.481 e. The zero-order chi connectivity index (χ0) is 19.1.